The molecule has 0 N–H and O–H groups in total. The van der Waals surface area contributed by atoms with Crippen molar-refractivity contribution >= 4 is 22.7 Å². The average Bonchev–Trinajstić information content (AvgIpc) is 3.25. The van der Waals surface area contributed by atoms with Crippen LogP contribution in [0.25, 0.3) is 10.6 Å². The second-order valence-corrected chi connectivity index (χ2v) is 7.92. The molecule has 1 aliphatic heterocycles. The van der Waals surface area contributed by atoms with E-state index in [2.05, 4.69) is 44.5 Å². The van der Waals surface area contributed by atoms with E-state index in [1.807, 2.05) is 19.2 Å². The van der Waals surface area contributed by atoms with Crippen LogP contribution in [-0.4, -0.2) is 34.6 Å². The summed E-state index contributed by atoms with van der Waals surface area (Å²) in [5, 5.41) is 4.27. The first-order valence-corrected chi connectivity index (χ1v) is 9.73. The highest BCUT2D eigenvalue weighted by Gasteiger charge is 2.24. The number of morpholine rings is 1. The molecule has 1 unspecified atom stereocenters. The Balaban J connectivity index is 1.43. The predicted octanol–water partition coefficient (Wildman–Crippen LogP) is 4.15. The van der Waals surface area contributed by atoms with E-state index in [9.17, 15) is 0 Å². The van der Waals surface area contributed by atoms with Crippen molar-refractivity contribution in [3.63, 3.8) is 0 Å². The van der Waals surface area contributed by atoms with Gasteiger partial charge in [-0.05, 0) is 6.92 Å². The fourth-order valence-electron chi connectivity index (χ4n) is 2.83. The van der Waals surface area contributed by atoms with Crippen LogP contribution in [-0.2, 0) is 11.3 Å². The van der Waals surface area contributed by atoms with Gasteiger partial charge in [-0.15, -0.1) is 22.7 Å². The third kappa shape index (κ3) is 3.57. The Morgan fingerprint density at radius 2 is 2.17 bits per heavy atom. The van der Waals surface area contributed by atoms with Gasteiger partial charge in [0.15, 0.2) is 0 Å². The topological polar surface area (TPSA) is 38.2 Å². The summed E-state index contributed by atoms with van der Waals surface area (Å²) in [5.41, 5.74) is 2.26. The number of rotatable bonds is 4. The zero-order valence-electron chi connectivity index (χ0n) is 13.5. The van der Waals surface area contributed by atoms with E-state index in [-0.39, 0.29) is 6.10 Å². The molecule has 1 aliphatic rings. The quantitative estimate of drug-likeness (QED) is 0.703. The van der Waals surface area contributed by atoms with Gasteiger partial charge in [-0.25, -0.2) is 9.97 Å². The van der Waals surface area contributed by atoms with Gasteiger partial charge in [0.25, 0.3) is 0 Å². The van der Waals surface area contributed by atoms with E-state index in [1.54, 1.807) is 22.7 Å². The molecular formula is C18H19N3OS2. The van der Waals surface area contributed by atoms with Crippen LogP contribution in [0.2, 0.25) is 0 Å². The highest BCUT2D eigenvalue weighted by atomic mass is 32.1. The minimum absolute atomic E-state index is 0.0963. The number of hydrogen-bond donors (Lipinski definition) is 0. The van der Waals surface area contributed by atoms with Crippen LogP contribution in [0.1, 0.15) is 21.7 Å². The van der Waals surface area contributed by atoms with E-state index in [0.29, 0.717) is 0 Å². The van der Waals surface area contributed by atoms with Crippen LogP contribution in [0.15, 0.2) is 41.9 Å². The van der Waals surface area contributed by atoms with Crippen molar-refractivity contribution in [2.45, 2.75) is 19.6 Å². The maximum Gasteiger partial charge on any atom is 0.123 e. The zero-order chi connectivity index (χ0) is 16.4. The molecule has 4 rings (SSSR count). The fourth-order valence-corrected chi connectivity index (χ4v) is 4.63. The van der Waals surface area contributed by atoms with Crippen LogP contribution >= 0.6 is 22.7 Å². The SMILES string of the molecule is Cc1csc(C2CN(Cc3cnc(-c4ccccc4)s3)CCO2)n1. The predicted molar refractivity (Wildman–Crippen MR) is 98.4 cm³/mol. The molecule has 1 atom stereocenters. The molecular weight excluding hydrogens is 338 g/mol. The minimum atomic E-state index is 0.0963. The summed E-state index contributed by atoms with van der Waals surface area (Å²) in [7, 11) is 0. The lowest BCUT2D eigenvalue weighted by Crippen LogP contribution is -2.37. The molecule has 24 heavy (non-hydrogen) atoms. The Labute approximate surface area is 149 Å². The smallest absolute Gasteiger partial charge is 0.123 e. The first-order chi connectivity index (χ1) is 11.8. The summed E-state index contributed by atoms with van der Waals surface area (Å²) in [6.45, 7) is 5.57. The Bertz CT molecular complexity index is 799. The average molecular weight is 358 g/mol. The maximum atomic E-state index is 5.91. The third-order valence-corrected chi connectivity index (χ3v) is 6.10. The molecule has 1 aromatic carbocycles. The number of aryl methyl sites for hydroxylation is 1. The maximum absolute atomic E-state index is 5.91. The fraction of sp³-hybridized carbons (Fsp3) is 0.333. The summed E-state index contributed by atoms with van der Waals surface area (Å²) < 4.78 is 5.91. The Morgan fingerprint density at radius 3 is 2.96 bits per heavy atom. The van der Waals surface area contributed by atoms with Gasteiger partial charge in [-0.3, -0.25) is 4.90 Å². The molecule has 4 nitrogen and oxygen atoms in total. The summed E-state index contributed by atoms with van der Waals surface area (Å²) in [6, 6.07) is 10.4. The van der Waals surface area contributed by atoms with Crippen molar-refractivity contribution < 1.29 is 4.74 Å². The number of aromatic nitrogens is 2. The van der Waals surface area contributed by atoms with Gasteiger partial charge >= 0.3 is 0 Å². The second kappa shape index (κ2) is 7.11. The molecule has 0 radical (unpaired) electrons. The van der Waals surface area contributed by atoms with Gasteiger partial charge in [0.2, 0.25) is 0 Å². The van der Waals surface area contributed by atoms with Crippen molar-refractivity contribution in [2.75, 3.05) is 19.7 Å². The second-order valence-electron chi connectivity index (χ2n) is 5.92. The molecule has 3 aromatic rings. The number of thiazole rings is 2. The Morgan fingerprint density at radius 1 is 1.29 bits per heavy atom. The lowest BCUT2D eigenvalue weighted by molar-refractivity contribution is -0.0327. The van der Waals surface area contributed by atoms with Crippen LogP contribution in [0, 0.1) is 6.92 Å². The number of ether oxygens (including phenoxy) is 1. The first kappa shape index (κ1) is 15.9. The van der Waals surface area contributed by atoms with Crippen molar-refractivity contribution in [3.05, 3.63) is 57.5 Å². The van der Waals surface area contributed by atoms with E-state index in [0.717, 1.165) is 42.0 Å². The summed E-state index contributed by atoms with van der Waals surface area (Å²) in [6.07, 6.45) is 2.10. The third-order valence-electron chi connectivity index (χ3n) is 4.02. The van der Waals surface area contributed by atoms with Crippen LogP contribution in [0.5, 0.6) is 0 Å². The first-order valence-electron chi connectivity index (χ1n) is 8.04. The lowest BCUT2D eigenvalue weighted by Gasteiger charge is -2.31. The van der Waals surface area contributed by atoms with Gasteiger partial charge < -0.3 is 4.74 Å². The number of hydrogen-bond acceptors (Lipinski definition) is 6. The summed E-state index contributed by atoms with van der Waals surface area (Å²) in [4.78, 5) is 12.9. The molecule has 0 saturated carbocycles. The van der Waals surface area contributed by atoms with Gasteiger partial charge in [0.05, 0.1) is 6.61 Å². The zero-order valence-corrected chi connectivity index (χ0v) is 15.1. The van der Waals surface area contributed by atoms with Crippen molar-refractivity contribution in [1.29, 1.82) is 0 Å². The number of benzene rings is 1. The van der Waals surface area contributed by atoms with Gasteiger partial charge in [0, 0.05) is 47.3 Å². The Hall–Kier alpha value is -1.60. The summed E-state index contributed by atoms with van der Waals surface area (Å²) in [5.74, 6) is 0. The molecule has 3 heterocycles. The molecule has 0 aliphatic carbocycles. The lowest BCUT2D eigenvalue weighted by atomic mass is 10.2. The normalized spacial score (nSPS) is 18.8. The van der Waals surface area contributed by atoms with E-state index in [1.165, 1.54) is 10.4 Å². The molecule has 0 amide bonds. The minimum Gasteiger partial charge on any atom is -0.368 e. The molecule has 1 fully saturated rings. The van der Waals surface area contributed by atoms with Gasteiger partial charge in [0.1, 0.15) is 16.1 Å². The Kier molecular flexibility index (Phi) is 4.71. The number of nitrogens with zero attached hydrogens (tertiary/aromatic N) is 3. The molecule has 1 saturated heterocycles. The summed E-state index contributed by atoms with van der Waals surface area (Å²) >= 11 is 3.47. The van der Waals surface area contributed by atoms with E-state index in [4.69, 9.17) is 4.74 Å². The van der Waals surface area contributed by atoms with E-state index >= 15 is 0 Å². The van der Waals surface area contributed by atoms with Crippen LogP contribution in [0.3, 0.4) is 0 Å². The standard InChI is InChI=1S/C18H19N3OS2/c1-13-12-23-18(20-13)16-11-21(7-8-22-16)10-15-9-19-17(24-15)14-5-3-2-4-6-14/h2-6,9,12,16H,7-8,10-11H2,1H3. The van der Waals surface area contributed by atoms with Crippen LogP contribution in [0.4, 0.5) is 0 Å². The molecule has 6 heteroatoms. The molecule has 2 aromatic heterocycles. The van der Waals surface area contributed by atoms with Crippen LogP contribution < -0.4 is 0 Å². The monoisotopic (exact) mass is 357 g/mol. The highest BCUT2D eigenvalue weighted by molar-refractivity contribution is 7.15. The van der Waals surface area contributed by atoms with Crippen molar-refractivity contribution in [2.24, 2.45) is 0 Å². The van der Waals surface area contributed by atoms with Gasteiger partial charge in [-0.2, -0.15) is 0 Å². The van der Waals surface area contributed by atoms with Gasteiger partial charge in [-0.1, -0.05) is 30.3 Å². The van der Waals surface area contributed by atoms with Crippen molar-refractivity contribution in [3.8, 4) is 10.6 Å². The van der Waals surface area contributed by atoms with E-state index < -0.39 is 0 Å². The molecule has 0 spiro atoms. The van der Waals surface area contributed by atoms with Crippen molar-refractivity contribution in [1.82, 2.24) is 14.9 Å². The highest BCUT2D eigenvalue weighted by Crippen LogP contribution is 2.29. The largest absolute Gasteiger partial charge is 0.368 e. The molecule has 124 valence electrons. The molecule has 0 bridgehead atoms.